The largest absolute Gasteiger partial charge is 0.236 e. The zero-order valence-corrected chi connectivity index (χ0v) is 14.9. The van der Waals surface area contributed by atoms with Gasteiger partial charge < -0.3 is 0 Å². The van der Waals surface area contributed by atoms with Crippen LogP contribution in [0.2, 0.25) is 5.15 Å². The first-order chi connectivity index (χ1) is 9.97. The van der Waals surface area contributed by atoms with Gasteiger partial charge in [-0.25, -0.2) is 14.4 Å². The highest BCUT2D eigenvalue weighted by Gasteiger charge is 2.13. The molecule has 0 unspecified atom stereocenters. The van der Waals surface area contributed by atoms with Gasteiger partial charge in [-0.05, 0) is 40.4 Å². The molecule has 0 spiro atoms. The molecule has 0 saturated heterocycles. The minimum atomic E-state index is -0.229. The van der Waals surface area contributed by atoms with Gasteiger partial charge in [-0.1, -0.05) is 37.6 Å². The summed E-state index contributed by atoms with van der Waals surface area (Å²) < 4.78 is 14.3. The van der Waals surface area contributed by atoms with Crippen LogP contribution in [0.25, 0.3) is 0 Å². The Morgan fingerprint density at radius 1 is 1.29 bits per heavy atom. The standard InChI is InChI=1S/C15H15BrClFN2S/c1-9(2)7-11-14(16)15(17)20-13(19-11)8-21-12-6-4-3-5-10(12)18/h3-6,9H,7-8H2,1-2H3. The van der Waals surface area contributed by atoms with Gasteiger partial charge in [0.25, 0.3) is 0 Å². The molecule has 0 bridgehead atoms. The Balaban J connectivity index is 2.17. The molecule has 0 aliphatic rings. The Kier molecular flexibility index (Phi) is 6.02. The van der Waals surface area contributed by atoms with E-state index in [1.165, 1.54) is 17.8 Å². The van der Waals surface area contributed by atoms with E-state index < -0.39 is 0 Å². The summed E-state index contributed by atoms with van der Waals surface area (Å²) in [5.74, 6) is 1.35. The van der Waals surface area contributed by atoms with Crippen LogP contribution in [0.1, 0.15) is 25.4 Å². The van der Waals surface area contributed by atoms with Crippen LogP contribution in [0.4, 0.5) is 4.39 Å². The van der Waals surface area contributed by atoms with Crippen molar-refractivity contribution in [3.8, 4) is 0 Å². The van der Waals surface area contributed by atoms with Crippen LogP contribution in [-0.2, 0) is 12.2 Å². The number of halogens is 3. The van der Waals surface area contributed by atoms with Crippen molar-refractivity contribution >= 4 is 39.3 Å². The molecule has 2 aromatic rings. The average molecular weight is 390 g/mol. The Bertz CT molecular complexity index is 637. The Labute approximate surface area is 141 Å². The van der Waals surface area contributed by atoms with E-state index in [4.69, 9.17) is 11.6 Å². The van der Waals surface area contributed by atoms with Gasteiger partial charge in [0.05, 0.1) is 15.9 Å². The molecule has 2 rings (SSSR count). The van der Waals surface area contributed by atoms with E-state index in [-0.39, 0.29) is 5.82 Å². The molecule has 0 aliphatic carbocycles. The maximum atomic E-state index is 13.6. The quantitative estimate of drug-likeness (QED) is 0.497. The lowest BCUT2D eigenvalue weighted by Crippen LogP contribution is -2.04. The van der Waals surface area contributed by atoms with Crippen molar-refractivity contribution in [3.05, 3.63) is 51.2 Å². The number of thioether (sulfide) groups is 1. The van der Waals surface area contributed by atoms with Gasteiger partial charge in [-0.3, -0.25) is 0 Å². The second kappa shape index (κ2) is 7.56. The summed E-state index contributed by atoms with van der Waals surface area (Å²) in [7, 11) is 0. The molecule has 1 aromatic carbocycles. The second-order valence-electron chi connectivity index (χ2n) is 5.01. The minimum Gasteiger partial charge on any atom is -0.236 e. The normalized spacial score (nSPS) is 11.1. The second-order valence-corrected chi connectivity index (χ2v) is 7.18. The van der Waals surface area contributed by atoms with E-state index >= 15 is 0 Å². The summed E-state index contributed by atoms with van der Waals surface area (Å²) >= 11 is 10.9. The van der Waals surface area contributed by atoms with Crippen LogP contribution in [0.15, 0.2) is 33.6 Å². The van der Waals surface area contributed by atoms with Crippen molar-refractivity contribution in [2.24, 2.45) is 5.92 Å². The van der Waals surface area contributed by atoms with Crippen molar-refractivity contribution in [3.63, 3.8) is 0 Å². The van der Waals surface area contributed by atoms with Crippen molar-refractivity contribution in [1.29, 1.82) is 0 Å². The van der Waals surface area contributed by atoms with E-state index in [9.17, 15) is 4.39 Å². The molecular formula is C15H15BrClFN2S. The zero-order chi connectivity index (χ0) is 15.4. The smallest absolute Gasteiger partial charge is 0.147 e. The molecule has 21 heavy (non-hydrogen) atoms. The van der Waals surface area contributed by atoms with Gasteiger partial charge in [-0.15, -0.1) is 11.8 Å². The highest BCUT2D eigenvalue weighted by molar-refractivity contribution is 9.10. The third kappa shape index (κ3) is 4.66. The molecule has 112 valence electrons. The van der Waals surface area contributed by atoms with Crippen molar-refractivity contribution in [1.82, 2.24) is 9.97 Å². The predicted octanol–water partition coefficient (Wildman–Crippen LogP) is 5.52. The lowest BCUT2D eigenvalue weighted by atomic mass is 10.1. The van der Waals surface area contributed by atoms with Crippen molar-refractivity contribution in [2.75, 3.05) is 0 Å². The Hall–Kier alpha value is -0.650. The van der Waals surface area contributed by atoms with Crippen LogP contribution in [0.3, 0.4) is 0 Å². The van der Waals surface area contributed by atoms with Gasteiger partial charge in [-0.2, -0.15) is 0 Å². The van der Waals surface area contributed by atoms with Crippen LogP contribution < -0.4 is 0 Å². The maximum Gasteiger partial charge on any atom is 0.147 e. The summed E-state index contributed by atoms with van der Waals surface area (Å²) in [6.07, 6.45) is 0.820. The monoisotopic (exact) mass is 388 g/mol. The van der Waals surface area contributed by atoms with Crippen LogP contribution in [0.5, 0.6) is 0 Å². The fraction of sp³-hybridized carbons (Fsp3) is 0.333. The Morgan fingerprint density at radius 2 is 2.00 bits per heavy atom. The molecule has 0 radical (unpaired) electrons. The summed E-state index contributed by atoms with van der Waals surface area (Å²) in [6, 6.07) is 6.68. The van der Waals surface area contributed by atoms with Gasteiger partial charge in [0.2, 0.25) is 0 Å². The minimum absolute atomic E-state index is 0.229. The summed E-state index contributed by atoms with van der Waals surface area (Å²) in [4.78, 5) is 9.37. The lowest BCUT2D eigenvalue weighted by Gasteiger charge is -2.10. The SMILES string of the molecule is CC(C)Cc1nc(CSc2ccccc2F)nc(Cl)c1Br. The fourth-order valence-electron chi connectivity index (χ4n) is 1.80. The van der Waals surface area contributed by atoms with E-state index in [0.717, 1.165) is 16.6 Å². The maximum absolute atomic E-state index is 13.6. The van der Waals surface area contributed by atoms with Crippen molar-refractivity contribution < 1.29 is 4.39 Å². The highest BCUT2D eigenvalue weighted by Crippen LogP contribution is 2.28. The first kappa shape index (κ1) is 16.7. The molecular weight excluding hydrogens is 375 g/mol. The molecule has 0 fully saturated rings. The molecule has 2 nitrogen and oxygen atoms in total. The van der Waals surface area contributed by atoms with E-state index in [0.29, 0.717) is 27.5 Å². The van der Waals surface area contributed by atoms with Gasteiger partial charge in [0.1, 0.15) is 16.8 Å². The molecule has 1 aromatic heterocycles. The molecule has 0 saturated carbocycles. The first-order valence-corrected chi connectivity index (χ1v) is 8.71. The van der Waals surface area contributed by atoms with Gasteiger partial charge in [0.15, 0.2) is 0 Å². The number of benzene rings is 1. The molecule has 0 aliphatic heterocycles. The summed E-state index contributed by atoms with van der Waals surface area (Å²) in [5.41, 5.74) is 0.897. The number of hydrogen-bond donors (Lipinski definition) is 0. The zero-order valence-electron chi connectivity index (χ0n) is 11.7. The Morgan fingerprint density at radius 3 is 2.67 bits per heavy atom. The van der Waals surface area contributed by atoms with E-state index in [2.05, 4.69) is 39.7 Å². The molecule has 1 heterocycles. The lowest BCUT2D eigenvalue weighted by molar-refractivity contribution is 0.602. The topological polar surface area (TPSA) is 25.8 Å². The van der Waals surface area contributed by atoms with Crippen LogP contribution in [0, 0.1) is 11.7 Å². The van der Waals surface area contributed by atoms with Gasteiger partial charge >= 0.3 is 0 Å². The number of hydrogen-bond acceptors (Lipinski definition) is 3. The molecule has 0 atom stereocenters. The van der Waals surface area contributed by atoms with Crippen LogP contribution >= 0.6 is 39.3 Å². The fourth-order valence-corrected chi connectivity index (χ4v) is 3.14. The highest BCUT2D eigenvalue weighted by atomic mass is 79.9. The molecule has 6 heteroatoms. The average Bonchev–Trinajstić information content (AvgIpc) is 2.42. The summed E-state index contributed by atoms with van der Waals surface area (Å²) in [5, 5.41) is 0.407. The van der Waals surface area contributed by atoms with Gasteiger partial charge in [0, 0.05) is 4.90 Å². The predicted molar refractivity (Wildman–Crippen MR) is 89.2 cm³/mol. The number of rotatable bonds is 5. The third-order valence-electron chi connectivity index (χ3n) is 2.72. The number of aromatic nitrogens is 2. The third-order valence-corrected chi connectivity index (χ3v) is 5.10. The summed E-state index contributed by atoms with van der Waals surface area (Å²) in [6.45, 7) is 4.24. The van der Waals surface area contributed by atoms with E-state index in [1.807, 2.05) is 6.07 Å². The molecule has 0 N–H and O–H groups in total. The van der Waals surface area contributed by atoms with Crippen molar-refractivity contribution in [2.45, 2.75) is 30.9 Å². The number of nitrogens with zero attached hydrogens (tertiary/aromatic N) is 2. The molecule has 0 amide bonds. The van der Waals surface area contributed by atoms with E-state index in [1.54, 1.807) is 12.1 Å². The van der Waals surface area contributed by atoms with Crippen LogP contribution in [-0.4, -0.2) is 9.97 Å². The first-order valence-electron chi connectivity index (χ1n) is 6.55.